The summed E-state index contributed by atoms with van der Waals surface area (Å²) in [5.41, 5.74) is 1.60. The first kappa shape index (κ1) is 27.4. The molecule has 0 saturated carbocycles. The fraction of sp³-hybridized carbons (Fsp3) is 0.333. The highest BCUT2D eigenvalue weighted by Gasteiger charge is 2.22. The van der Waals surface area contributed by atoms with E-state index in [0.29, 0.717) is 28.5 Å². The van der Waals surface area contributed by atoms with E-state index in [1.807, 2.05) is 18.2 Å². The van der Waals surface area contributed by atoms with Crippen LogP contribution < -0.4 is 10.9 Å². The SMILES string of the molecule is C=CCN1CCN(Cc2ccc(Nc3ncc4c(=O)n(CC=C)n(-c5cccc(C(C)(C)O)n5)c4n3)cc2)CC1. The number of nitrogens with zero attached hydrogens (tertiary/aromatic N) is 7. The number of aromatic nitrogens is 5. The minimum atomic E-state index is -1.14. The molecule has 1 saturated heterocycles. The van der Waals surface area contributed by atoms with E-state index in [4.69, 9.17) is 4.98 Å². The van der Waals surface area contributed by atoms with E-state index in [0.717, 1.165) is 45.0 Å². The normalized spacial score (nSPS) is 14.9. The van der Waals surface area contributed by atoms with Crippen LogP contribution in [0.4, 0.5) is 11.6 Å². The third kappa shape index (κ3) is 5.89. The summed E-state index contributed by atoms with van der Waals surface area (Å²) in [7, 11) is 0. The summed E-state index contributed by atoms with van der Waals surface area (Å²) in [6.07, 6.45) is 5.14. The van der Waals surface area contributed by atoms with Gasteiger partial charge in [-0.05, 0) is 43.7 Å². The molecule has 40 heavy (non-hydrogen) atoms. The summed E-state index contributed by atoms with van der Waals surface area (Å²) in [5.74, 6) is 0.828. The van der Waals surface area contributed by atoms with Crippen LogP contribution in [0.3, 0.4) is 0 Å². The van der Waals surface area contributed by atoms with Crippen molar-refractivity contribution in [3.63, 3.8) is 0 Å². The lowest BCUT2D eigenvalue weighted by molar-refractivity contribution is 0.0738. The first-order chi connectivity index (χ1) is 19.3. The molecule has 1 fully saturated rings. The van der Waals surface area contributed by atoms with Crippen molar-refractivity contribution in [2.75, 3.05) is 38.0 Å². The van der Waals surface area contributed by atoms with Crippen LogP contribution in [-0.4, -0.2) is 71.9 Å². The van der Waals surface area contributed by atoms with Crippen LogP contribution in [0.15, 0.2) is 78.8 Å². The van der Waals surface area contributed by atoms with Crippen molar-refractivity contribution in [3.05, 3.63) is 95.6 Å². The topological polar surface area (TPSA) is 104 Å². The van der Waals surface area contributed by atoms with Gasteiger partial charge in [0.15, 0.2) is 11.5 Å². The Morgan fingerprint density at radius 2 is 1.68 bits per heavy atom. The molecular weight excluding hydrogens is 504 g/mol. The predicted molar refractivity (Wildman–Crippen MR) is 158 cm³/mol. The Kier molecular flexibility index (Phi) is 7.92. The van der Waals surface area contributed by atoms with Gasteiger partial charge in [-0.2, -0.15) is 4.98 Å². The zero-order valence-corrected chi connectivity index (χ0v) is 23.1. The molecule has 10 heteroatoms. The molecule has 3 aromatic heterocycles. The number of nitrogens with one attached hydrogen (secondary N) is 1. The Balaban J connectivity index is 1.39. The fourth-order valence-corrected chi connectivity index (χ4v) is 4.88. The predicted octanol–water partition coefficient (Wildman–Crippen LogP) is 3.44. The zero-order chi connectivity index (χ0) is 28.3. The molecule has 1 aliphatic rings. The van der Waals surface area contributed by atoms with Gasteiger partial charge in [0.05, 0.1) is 12.2 Å². The molecule has 208 valence electrons. The standard InChI is InChI=1S/C30H36N8O2/c1-5-14-35-16-18-36(19-17-35)21-22-10-12-23(13-11-22)32-29-31-20-24-27(34-29)38(37(15-6-2)28(24)39)26-9-7-8-25(33-26)30(3,4)40/h5-13,20,40H,1-2,14-19,21H2,3-4H3,(H,31,32,34). The molecule has 5 rings (SSSR count). The molecule has 1 aromatic carbocycles. The van der Waals surface area contributed by atoms with Gasteiger partial charge in [-0.1, -0.05) is 30.4 Å². The second-order valence-electron chi connectivity index (χ2n) is 10.5. The average Bonchev–Trinajstić information content (AvgIpc) is 3.21. The lowest BCUT2D eigenvalue weighted by Crippen LogP contribution is -2.45. The maximum atomic E-state index is 13.2. The number of fused-ring (bicyclic) bond motifs is 1. The van der Waals surface area contributed by atoms with E-state index in [1.54, 1.807) is 42.8 Å². The van der Waals surface area contributed by atoms with E-state index < -0.39 is 5.60 Å². The van der Waals surface area contributed by atoms with Gasteiger partial charge in [-0.25, -0.2) is 19.3 Å². The third-order valence-corrected chi connectivity index (χ3v) is 7.02. The summed E-state index contributed by atoms with van der Waals surface area (Å²) in [4.78, 5) is 31.8. The lowest BCUT2D eigenvalue weighted by Gasteiger charge is -2.34. The molecule has 1 aliphatic heterocycles. The molecule has 0 aliphatic carbocycles. The fourth-order valence-electron chi connectivity index (χ4n) is 4.88. The average molecular weight is 541 g/mol. The smallest absolute Gasteiger partial charge is 0.278 e. The summed E-state index contributed by atoms with van der Waals surface area (Å²) < 4.78 is 3.16. The number of allylic oxidation sites excluding steroid dienone is 1. The van der Waals surface area contributed by atoms with Crippen molar-refractivity contribution in [2.24, 2.45) is 0 Å². The molecular formula is C30H36N8O2. The second kappa shape index (κ2) is 11.5. The van der Waals surface area contributed by atoms with Crippen LogP contribution in [0.1, 0.15) is 25.1 Å². The molecule has 0 atom stereocenters. The van der Waals surface area contributed by atoms with Crippen LogP contribution in [0.5, 0.6) is 0 Å². The molecule has 4 heterocycles. The maximum absolute atomic E-state index is 13.2. The first-order valence-corrected chi connectivity index (χ1v) is 13.5. The van der Waals surface area contributed by atoms with E-state index in [2.05, 4.69) is 50.4 Å². The number of hydrogen-bond acceptors (Lipinski definition) is 8. The number of piperazine rings is 1. The molecule has 10 nitrogen and oxygen atoms in total. The van der Waals surface area contributed by atoms with Crippen molar-refractivity contribution in [1.29, 1.82) is 0 Å². The monoisotopic (exact) mass is 540 g/mol. The van der Waals surface area contributed by atoms with Crippen LogP contribution in [0, 0.1) is 0 Å². The summed E-state index contributed by atoms with van der Waals surface area (Å²) >= 11 is 0. The van der Waals surface area contributed by atoms with E-state index >= 15 is 0 Å². The number of benzene rings is 1. The van der Waals surface area contributed by atoms with Gasteiger partial charge in [-0.3, -0.25) is 14.6 Å². The van der Waals surface area contributed by atoms with Crippen molar-refractivity contribution in [2.45, 2.75) is 32.5 Å². The molecule has 0 unspecified atom stereocenters. The molecule has 0 bridgehead atoms. The van der Waals surface area contributed by atoms with Crippen molar-refractivity contribution >= 4 is 22.7 Å². The quantitative estimate of drug-likeness (QED) is 0.295. The number of anilines is 2. The van der Waals surface area contributed by atoms with E-state index in [9.17, 15) is 9.90 Å². The van der Waals surface area contributed by atoms with Crippen LogP contribution in [0.25, 0.3) is 16.9 Å². The highest BCUT2D eigenvalue weighted by Crippen LogP contribution is 2.22. The third-order valence-electron chi connectivity index (χ3n) is 7.02. The highest BCUT2D eigenvalue weighted by molar-refractivity contribution is 5.77. The maximum Gasteiger partial charge on any atom is 0.278 e. The largest absolute Gasteiger partial charge is 0.384 e. The molecule has 4 aromatic rings. The number of aliphatic hydroxyl groups is 1. The second-order valence-corrected chi connectivity index (χ2v) is 10.5. The van der Waals surface area contributed by atoms with Crippen molar-refractivity contribution in [3.8, 4) is 5.82 Å². The molecule has 2 N–H and O–H groups in total. The van der Waals surface area contributed by atoms with Crippen molar-refractivity contribution in [1.82, 2.24) is 34.1 Å². The molecule has 0 radical (unpaired) electrons. The Hall–Kier alpha value is -4.12. The van der Waals surface area contributed by atoms with Crippen molar-refractivity contribution < 1.29 is 5.11 Å². The first-order valence-electron chi connectivity index (χ1n) is 13.5. The van der Waals surface area contributed by atoms with Gasteiger partial charge in [0.1, 0.15) is 11.0 Å². The van der Waals surface area contributed by atoms with Gasteiger partial charge in [0.25, 0.3) is 5.56 Å². The van der Waals surface area contributed by atoms with Crippen LogP contribution >= 0.6 is 0 Å². The van der Waals surface area contributed by atoms with Gasteiger partial charge in [-0.15, -0.1) is 13.2 Å². The summed E-state index contributed by atoms with van der Waals surface area (Å²) in [5, 5.41) is 14.1. The highest BCUT2D eigenvalue weighted by atomic mass is 16.3. The Morgan fingerprint density at radius 3 is 2.35 bits per heavy atom. The van der Waals surface area contributed by atoms with E-state index in [1.165, 1.54) is 16.4 Å². The Bertz CT molecular complexity index is 1560. The van der Waals surface area contributed by atoms with E-state index in [-0.39, 0.29) is 12.1 Å². The van der Waals surface area contributed by atoms with Gasteiger partial charge < -0.3 is 10.4 Å². The number of rotatable bonds is 10. The minimum Gasteiger partial charge on any atom is -0.384 e. The lowest BCUT2D eigenvalue weighted by atomic mass is 10.1. The Morgan fingerprint density at radius 1 is 0.975 bits per heavy atom. The van der Waals surface area contributed by atoms with Gasteiger partial charge >= 0.3 is 0 Å². The number of hydrogen-bond donors (Lipinski definition) is 2. The molecule has 0 spiro atoms. The summed E-state index contributed by atoms with van der Waals surface area (Å²) in [6, 6.07) is 13.6. The minimum absolute atomic E-state index is 0.244. The van der Waals surface area contributed by atoms with Crippen LogP contribution in [0.2, 0.25) is 0 Å². The molecule has 0 amide bonds. The Labute approximate surface area is 233 Å². The van der Waals surface area contributed by atoms with Crippen LogP contribution in [-0.2, 0) is 18.7 Å². The summed E-state index contributed by atoms with van der Waals surface area (Å²) in [6.45, 7) is 17.3. The number of pyridine rings is 1. The van der Waals surface area contributed by atoms with Gasteiger partial charge in [0.2, 0.25) is 5.95 Å². The zero-order valence-electron chi connectivity index (χ0n) is 23.1. The van der Waals surface area contributed by atoms with Gasteiger partial charge in [0, 0.05) is 51.2 Å².